The summed E-state index contributed by atoms with van der Waals surface area (Å²) >= 11 is 0. The third kappa shape index (κ3) is 5.42. The Morgan fingerprint density at radius 3 is 2.07 bits per heavy atom. The summed E-state index contributed by atoms with van der Waals surface area (Å²) < 4.78 is 0. The van der Waals surface area contributed by atoms with E-state index < -0.39 is 0 Å². The van der Waals surface area contributed by atoms with Crippen LogP contribution in [0.5, 0.6) is 5.75 Å². The first-order valence-electron chi connectivity index (χ1n) is 10.8. The molecule has 0 radical (unpaired) electrons. The summed E-state index contributed by atoms with van der Waals surface area (Å²) in [7, 11) is 0.677. The zero-order valence-corrected chi connectivity index (χ0v) is 21.8. The molecule has 1 unspecified atom stereocenters. The topological polar surface area (TPSA) is 20.2 Å². The van der Waals surface area contributed by atoms with Gasteiger partial charge in [0.25, 0.3) is 0 Å². The summed E-state index contributed by atoms with van der Waals surface area (Å²) in [6, 6.07) is 11.2. The van der Waals surface area contributed by atoms with Crippen LogP contribution in [-0.2, 0) is 16.7 Å². The van der Waals surface area contributed by atoms with Gasteiger partial charge in [0.15, 0.2) is 0 Å². The van der Waals surface area contributed by atoms with E-state index in [0.29, 0.717) is 14.3 Å². The van der Waals surface area contributed by atoms with Gasteiger partial charge in [0.1, 0.15) is 5.75 Å². The van der Waals surface area contributed by atoms with E-state index in [-0.39, 0.29) is 18.5 Å². The van der Waals surface area contributed by atoms with E-state index in [0.717, 1.165) is 24.0 Å². The Morgan fingerprint density at radius 2 is 1.55 bits per heavy atom. The highest BCUT2D eigenvalue weighted by Gasteiger charge is 2.35. The lowest BCUT2D eigenvalue weighted by Crippen LogP contribution is -2.25. The van der Waals surface area contributed by atoms with Crippen molar-refractivity contribution in [3.63, 3.8) is 0 Å². The van der Waals surface area contributed by atoms with Crippen LogP contribution < -0.4 is 5.30 Å². The normalized spacial score (nSPS) is 13.0. The van der Waals surface area contributed by atoms with Gasteiger partial charge in [-0.1, -0.05) is 79.1 Å². The van der Waals surface area contributed by atoms with Crippen molar-refractivity contribution in [2.45, 2.75) is 78.0 Å². The molecule has 3 heteroatoms. The zero-order valence-electron chi connectivity index (χ0n) is 19.9. The average molecular weight is 431 g/mol. The van der Waals surface area contributed by atoms with Crippen LogP contribution in [0.15, 0.2) is 30.3 Å². The molecule has 0 spiro atoms. The standard InChI is InChI=1S/C26H40OP2/c1-10-26(11-2,22-16-18(3)15-21(23(22)27)25(5,6)7)28-24-19(4)13-12-14-20(24)17-29(8)9/h12-16,27-28H,10-11,17H2,1-9H3. The minimum Gasteiger partial charge on any atom is -0.507 e. The summed E-state index contributed by atoms with van der Waals surface area (Å²) in [5.74, 6) is 0.516. The van der Waals surface area contributed by atoms with Gasteiger partial charge in [-0.2, -0.15) is 0 Å². The third-order valence-electron chi connectivity index (χ3n) is 5.99. The fourth-order valence-corrected chi connectivity index (χ4v) is 7.07. The molecule has 0 saturated carbocycles. The van der Waals surface area contributed by atoms with E-state index in [4.69, 9.17) is 0 Å². The zero-order chi connectivity index (χ0) is 22.0. The molecule has 1 atom stereocenters. The molecule has 0 aliphatic rings. The van der Waals surface area contributed by atoms with Crippen molar-refractivity contribution in [1.29, 1.82) is 0 Å². The van der Waals surface area contributed by atoms with Gasteiger partial charge >= 0.3 is 0 Å². The van der Waals surface area contributed by atoms with Crippen LogP contribution in [0, 0.1) is 13.8 Å². The number of aryl methyl sites for hydroxylation is 2. The van der Waals surface area contributed by atoms with Crippen molar-refractivity contribution >= 4 is 21.8 Å². The summed E-state index contributed by atoms with van der Waals surface area (Å²) in [5, 5.41) is 12.9. The fourth-order valence-electron chi connectivity index (χ4n) is 4.21. The molecule has 0 aromatic heterocycles. The number of phenols is 1. The Balaban J connectivity index is 2.68. The highest BCUT2D eigenvalue weighted by atomic mass is 31.1. The van der Waals surface area contributed by atoms with Crippen LogP contribution in [0.3, 0.4) is 0 Å². The van der Waals surface area contributed by atoms with Gasteiger partial charge in [0.05, 0.1) is 0 Å². The van der Waals surface area contributed by atoms with Crippen molar-refractivity contribution in [3.8, 4) is 5.75 Å². The maximum atomic E-state index is 11.4. The Bertz CT molecular complexity index is 843. The molecule has 2 rings (SSSR count). The molecule has 0 saturated heterocycles. The molecule has 29 heavy (non-hydrogen) atoms. The van der Waals surface area contributed by atoms with Crippen molar-refractivity contribution in [2.24, 2.45) is 0 Å². The summed E-state index contributed by atoms with van der Waals surface area (Å²) in [5.41, 5.74) is 6.29. The van der Waals surface area contributed by atoms with Crippen LogP contribution in [0.2, 0.25) is 0 Å². The molecule has 1 nitrogen and oxygen atoms in total. The van der Waals surface area contributed by atoms with E-state index >= 15 is 0 Å². The molecule has 0 bridgehead atoms. The molecule has 0 aliphatic carbocycles. The van der Waals surface area contributed by atoms with E-state index in [1.165, 1.54) is 28.2 Å². The number of hydrogen-bond acceptors (Lipinski definition) is 1. The average Bonchev–Trinajstić information content (AvgIpc) is 2.62. The smallest absolute Gasteiger partial charge is 0.123 e. The third-order valence-corrected chi connectivity index (χ3v) is 9.39. The van der Waals surface area contributed by atoms with E-state index in [2.05, 4.69) is 92.1 Å². The lowest BCUT2D eigenvalue weighted by atomic mass is 9.81. The molecule has 0 amide bonds. The SMILES string of the molecule is CCC(CC)(Pc1c(C)cccc1CP(C)C)c1cc(C)cc(C(C)(C)C)c1O. The molecule has 0 heterocycles. The Morgan fingerprint density at radius 1 is 0.966 bits per heavy atom. The molecule has 1 N–H and O–H groups in total. The maximum Gasteiger partial charge on any atom is 0.123 e. The largest absolute Gasteiger partial charge is 0.507 e. The predicted octanol–water partition coefficient (Wildman–Crippen LogP) is 7.57. The van der Waals surface area contributed by atoms with Gasteiger partial charge in [-0.15, -0.1) is 7.92 Å². The van der Waals surface area contributed by atoms with Crippen LogP contribution in [-0.4, -0.2) is 18.4 Å². The summed E-state index contributed by atoms with van der Waals surface area (Å²) in [4.78, 5) is 0. The van der Waals surface area contributed by atoms with E-state index in [9.17, 15) is 5.11 Å². The lowest BCUT2D eigenvalue weighted by Gasteiger charge is -2.36. The molecule has 2 aromatic rings. The molecule has 0 fully saturated rings. The van der Waals surface area contributed by atoms with Crippen LogP contribution in [0.4, 0.5) is 0 Å². The molecular formula is C26H40OP2. The molecular weight excluding hydrogens is 390 g/mol. The molecule has 160 valence electrons. The second kappa shape index (κ2) is 9.49. The monoisotopic (exact) mass is 430 g/mol. The highest BCUT2D eigenvalue weighted by molar-refractivity contribution is 7.55. The number of phenolic OH excluding ortho intramolecular Hbond substituents is 1. The number of benzene rings is 2. The van der Waals surface area contributed by atoms with Gasteiger partial charge in [-0.05, 0) is 73.6 Å². The van der Waals surface area contributed by atoms with E-state index in [1.807, 2.05) is 0 Å². The van der Waals surface area contributed by atoms with Crippen molar-refractivity contribution < 1.29 is 5.11 Å². The first kappa shape index (κ1) is 24.4. The highest BCUT2D eigenvalue weighted by Crippen LogP contribution is 2.53. The van der Waals surface area contributed by atoms with Crippen molar-refractivity contribution in [2.75, 3.05) is 13.3 Å². The summed E-state index contributed by atoms with van der Waals surface area (Å²) in [6.07, 6.45) is 3.24. The second-order valence-corrected chi connectivity index (χ2v) is 13.9. The number of aromatic hydroxyl groups is 1. The first-order chi connectivity index (χ1) is 13.4. The minimum atomic E-state index is -0.0741. The summed E-state index contributed by atoms with van der Waals surface area (Å²) in [6.45, 7) is 20.3. The van der Waals surface area contributed by atoms with Crippen LogP contribution in [0.1, 0.15) is 75.3 Å². The quantitative estimate of drug-likeness (QED) is 0.449. The van der Waals surface area contributed by atoms with Crippen molar-refractivity contribution in [3.05, 3.63) is 58.1 Å². The van der Waals surface area contributed by atoms with Gasteiger partial charge in [-0.25, -0.2) is 0 Å². The maximum absolute atomic E-state index is 11.4. The molecule has 0 aliphatic heterocycles. The van der Waals surface area contributed by atoms with Gasteiger partial charge in [0.2, 0.25) is 0 Å². The Labute approximate surface area is 182 Å². The lowest BCUT2D eigenvalue weighted by molar-refractivity contribution is 0.424. The molecule has 2 aromatic carbocycles. The Hall–Kier alpha value is -0.900. The second-order valence-electron chi connectivity index (χ2n) is 9.72. The van der Waals surface area contributed by atoms with Crippen LogP contribution in [0.25, 0.3) is 0 Å². The number of hydrogen-bond donors (Lipinski definition) is 1. The fraction of sp³-hybridized carbons (Fsp3) is 0.538. The van der Waals surface area contributed by atoms with E-state index in [1.54, 1.807) is 0 Å². The van der Waals surface area contributed by atoms with Gasteiger partial charge in [0, 0.05) is 10.7 Å². The predicted molar refractivity (Wildman–Crippen MR) is 135 cm³/mol. The first-order valence-corrected chi connectivity index (χ1v) is 14.2. The minimum absolute atomic E-state index is 0.0134. The Kier molecular flexibility index (Phi) is 7.98. The van der Waals surface area contributed by atoms with Gasteiger partial charge in [-0.3, -0.25) is 0 Å². The number of rotatable bonds is 7. The van der Waals surface area contributed by atoms with Crippen molar-refractivity contribution in [1.82, 2.24) is 0 Å². The van der Waals surface area contributed by atoms with Gasteiger partial charge < -0.3 is 5.11 Å². The van der Waals surface area contributed by atoms with Crippen LogP contribution >= 0.6 is 16.5 Å².